The molecule has 1 amide bonds. The molecule has 0 atom stereocenters. The molecule has 0 spiro atoms. The van der Waals surface area contributed by atoms with Crippen LogP contribution in [0.3, 0.4) is 0 Å². The zero-order valence-electron chi connectivity index (χ0n) is 18.8. The zero-order valence-corrected chi connectivity index (χ0v) is 19.6. The van der Waals surface area contributed by atoms with Crippen molar-refractivity contribution in [3.63, 3.8) is 0 Å². The van der Waals surface area contributed by atoms with Gasteiger partial charge in [-0.3, -0.25) is 4.79 Å². The summed E-state index contributed by atoms with van der Waals surface area (Å²) in [5.74, 6) is 0.151. The molecular weight excluding hydrogens is 448 g/mol. The van der Waals surface area contributed by atoms with Crippen molar-refractivity contribution in [2.24, 2.45) is 0 Å². The molecule has 0 saturated carbocycles. The Hall–Kier alpha value is -3.59. The van der Waals surface area contributed by atoms with Gasteiger partial charge in [-0.2, -0.15) is 5.10 Å². The summed E-state index contributed by atoms with van der Waals surface area (Å²) >= 11 is 6.14. The Kier molecular flexibility index (Phi) is 7.89. The molecule has 1 N–H and O–H groups in total. The van der Waals surface area contributed by atoms with Crippen LogP contribution in [0, 0.1) is 13.8 Å². The number of esters is 1. The molecule has 0 fully saturated rings. The number of hydrogen-bond acceptors (Lipinski definition) is 7. The van der Waals surface area contributed by atoms with Crippen molar-refractivity contribution >= 4 is 29.2 Å². The van der Waals surface area contributed by atoms with Crippen molar-refractivity contribution in [1.29, 1.82) is 0 Å². The van der Waals surface area contributed by atoms with Crippen LogP contribution in [0.4, 0.5) is 5.69 Å². The number of nitrogens with one attached hydrogen (secondary N) is 1. The molecule has 0 aliphatic rings. The number of amides is 1. The first kappa shape index (κ1) is 24.1. The molecule has 2 aromatic heterocycles. The van der Waals surface area contributed by atoms with Crippen molar-refractivity contribution in [1.82, 2.24) is 14.8 Å². The van der Waals surface area contributed by atoms with E-state index in [1.54, 1.807) is 28.9 Å². The third-order valence-electron chi connectivity index (χ3n) is 4.41. The number of ether oxygens (including phenoxy) is 3. The summed E-state index contributed by atoms with van der Waals surface area (Å²) in [4.78, 5) is 29.1. The quantitative estimate of drug-likeness (QED) is 0.467. The fourth-order valence-electron chi connectivity index (χ4n) is 3.08. The molecule has 0 radical (unpaired) electrons. The lowest BCUT2D eigenvalue weighted by Gasteiger charge is -2.13. The monoisotopic (exact) mass is 472 g/mol. The number of hydrogen-bond donors (Lipinski definition) is 1. The minimum absolute atomic E-state index is 0.103. The Bertz CT molecular complexity index is 1160. The summed E-state index contributed by atoms with van der Waals surface area (Å²) in [6.45, 7) is 7.86. The predicted octanol–water partition coefficient (Wildman–Crippen LogP) is 4.13. The first-order valence-corrected chi connectivity index (χ1v) is 10.8. The van der Waals surface area contributed by atoms with E-state index in [4.69, 9.17) is 25.8 Å². The van der Waals surface area contributed by atoms with E-state index in [1.807, 2.05) is 33.8 Å². The molecule has 9 nitrogen and oxygen atoms in total. The van der Waals surface area contributed by atoms with Crippen LogP contribution < -0.4 is 14.8 Å². The van der Waals surface area contributed by atoms with E-state index in [1.165, 1.54) is 6.07 Å². The molecule has 0 aliphatic heterocycles. The van der Waals surface area contributed by atoms with Gasteiger partial charge in [-0.05, 0) is 58.0 Å². The summed E-state index contributed by atoms with van der Waals surface area (Å²) in [5.41, 5.74) is 2.04. The SMILES string of the molecule is CCOc1ccc(NC(=O)COC(=O)c2nc(-n3nc(C)cc3C)ccc2Cl)cc1OCC. The average Bonchev–Trinajstić information content (AvgIpc) is 3.12. The maximum atomic E-state index is 12.5. The van der Waals surface area contributed by atoms with Gasteiger partial charge in [0.2, 0.25) is 0 Å². The lowest BCUT2D eigenvalue weighted by Crippen LogP contribution is -2.22. The molecule has 1 aromatic carbocycles. The molecule has 0 saturated heterocycles. The van der Waals surface area contributed by atoms with Crippen molar-refractivity contribution in [3.8, 4) is 17.3 Å². The van der Waals surface area contributed by atoms with Crippen molar-refractivity contribution in [2.45, 2.75) is 27.7 Å². The lowest BCUT2D eigenvalue weighted by atomic mass is 10.2. The van der Waals surface area contributed by atoms with Crippen molar-refractivity contribution < 1.29 is 23.8 Å². The first-order valence-electron chi connectivity index (χ1n) is 10.4. The minimum atomic E-state index is -0.819. The van der Waals surface area contributed by atoms with E-state index in [0.29, 0.717) is 36.2 Å². The largest absolute Gasteiger partial charge is 0.490 e. The maximum Gasteiger partial charge on any atom is 0.359 e. The summed E-state index contributed by atoms with van der Waals surface area (Å²) < 4.78 is 17.8. The summed E-state index contributed by atoms with van der Waals surface area (Å²) in [5, 5.41) is 7.11. The van der Waals surface area contributed by atoms with Gasteiger partial charge in [0.25, 0.3) is 5.91 Å². The van der Waals surface area contributed by atoms with Crippen LogP contribution in [-0.4, -0.2) is 46.5 Å². The topological polar surface area (TPSA) is 105 Å². The van der Waals surface area contributed by atoms with Crippen molar-refractivity contribution in [3.05, 3.63) is 58.5 Å². The standard InChI is InChI=1S/C23H25ClN4O5/c1-5-31-18-9-7-16(12-19(18)32-6-2)25-21(29)13-33-23(30)22-17(24)8-10-20(26-22)28-15(4)11-14(3)27-28/h7-12H,5-6,13H2,1-4H3,(H,25,29). The average molecular weight is 473 g/mol. The molecule has 3 aromatic rings. The number of anilines is 1. The molecule has 0 unspecified atom stereocenters. The molecule has 33 heavy (non-hydrogen) atoms. The normalized spacial score (nSPS) is 10.6. The fourth-order valence-corrected chi connectivity index (χ4v) is 3.26. The highest BCUT2D eigenvalue weighted by atomic mass is 35.5. The predicted molar refractivity (Wildman–Crippen MR) is 124 cm³/mol. The number of aryl methyl sites for hydroxylation is 2. The van der Waals surface area contributed by atoms with Gasteiger partial charge >= 0.3 is 5.97 Å². The Morgan fingerprint density at radius 2 is 1.76 bits per heavy atom. The molecule has 174 valence electrons. The van der Waals surface area contributed by atoms with Gasteiger partial charge < -0.3 is 19.5 Å². The number of benzene rings is 1. The van der Waals surface area contributed by atoms with E-state index >= 15 is 0 Å². The maximum absolute atomic E-state index is 12.5. The third kappa shape index (κ3) is 6.01. The summed E-state index contributed by atoms with van der Waals surface area (Å²) in [7, 11) is 0. The van der Waals surface area contributed by atoms with Crippen molar-refractivity contribution in [2.75, 3.05) is 25.1 Å². The summed E-state index contributed by atoms with van der Waals surface area (Å²) in [6, 6.07) is 10.1. The van der Waals surface area contributed by atoms with Gasteiger partial charge in [0, 0.05) is 17.4 Å². The van der Waals surface area contributed by atoms with Gasteiger partial charge in [-0.15, -0.1) is 0 Å². The molecule has 3 rings (SSSR count). The summed E-state index contributed by atoms with van der Waals surface area (Å²) in [6.07, 6.45) is 0. The van der Waals surface area contributed by atoms with Crippen LogP contribution >= 0.6 is 11.6 Å². The minimum Gasteiger partial charge on any atom is -0.490 e. The number of pyridine rings is 1. The van der Waals surface area contributed by atoms with Crippen LogP contribution in [0.1, 0.15) is 35.7 Å². The van der Waals surface area contributed by atoms with Gasteiger partial charge in [0.05, 0.1) is 23.9 Å². The molecule has 2 heterocycles. The van der Waals surface area contributed by atoms with Gasteiger partial charge in [-0.1, -0.05) is 11.6 Å². The number of rotatable bonds is 9. The number of carbonyl (C=O) groups is 2. The highest BCUT2D eigenvalue weighted by Gasteiger charge is 2.18. The smallest absolute Gasteiger partial charge is 0.359 e. The molecule has 0 aliphatic carbocycles. The van der Waals surface area contributed by atoms with Gasteiger partial charge in [-0.25, -0.2) is 14.5 Å². The lowest BCUT2D eigenvalue weighted by molar-refractivity contribution is -0.119. The highest BCUT2D eigenvalue weighted by Crippen LogP contribution is 2.30. The van der Waals surface area contributed by atoms with E-state index in [-0.39, 0.29) is 10.7 Å². The number of halogens is 1. The molecule has 10 heteroatoms. The number of nitrogens with zero attached hydrogens (tertiary/aromatic N) is 3. The second-order valence-electron chi connectivity index (χ2n) is 6.99. The highest BCUT2D eigenvalue weighted by molar-refractivity contribution is 6.33. The Balaban J connectivity index is 1.66. The Morgan fingerprint density at radius 1 is 1.03 bits per heavy atom. The van der Waals surface area contributed by atoms with E-state index in [0.717, 1.165) is 11.4 Å². The molecular formula is C23H25ClN4O5. The third-order valence-corrected chi connectivity index (χ3v) is 4.72. The molecule has 0 bridgehead atoms. The zero-order chi connectivity index (χ0) is 24.0. The van der Waals surface area contributed by atoms with E-state index < -0.39 is 18.5 Å². The first-order chi connectivity index (χ1) is 15.8. The van der Waals surface area contributed by atoms with Crippen LogP contribution in [0.2, 0.25) is 5.02 Å². The van der Waals surface area contributed by atoms with Gasteiger partial charge in [0.1, 0.15) is 0 Å². The second-order valence-corrected chi connectivity index (χ2v) is 7.40. The van der Waals surface area contributed by atoms with Crippen LogP contribution in [0.15, 0.2) is 36.4 Å². The second kappa shape index (κ2) is 10.8. The van der Waals surface area contributed by atoms with E-state index in [9.17, 15) is 9.59 Å². The Labute approximate surface area is 196 Å². The van der Waals surface area contributed by atoms with Gasteiger partial charge in [0.15, 0.2) is 29.6 Å². The Morgan fingerprint density at radius 3 is 2.42 bits per heavy atom. The number of carbonyl (C=O) groups excluding carboxylic acids is 2. The fraction of sp³-hybridized carbons (Fsp3) is 0.304. The van der Waals surface area contributed by atoms with Crippen LogP contribution in [-0.2, 0) is 9.53 Å². The number of aromatic nitrogens is 3. The van der Waals surface area contributed by atoms with Crippen LogP contribution in [0.25, 0.3) is 5.82 Å². The van der Waals surface area contributed by atoms with Crippen LogP contribution in [0.5, 0.6) is 11.5 Å². The van der Waals surface area contributed by atoms with E-state index in [2.05, 4.69) is 15.4 Å².